The smallest absolute Gasteiger partial charge is 0.264 e. The van der Waals surface area contributed by atoms with E-state index >= 15 is 0 Å². The van der Waals surface area contributed by atoms with Gasteiger partial charge in [-0.05, 0) is 25.8 Å². The first kappa shape index (κ1) is 21.0. The van der Waals surface area contributed by atoms with Gasteiger partial charge in [0.05, 0.1) is 11.3 Å². The summed E-state index contributed by atoms with van der Waals surface area (Å²) in [4.78, 5) is 0. The molecule has 0 aliphatic heterocycles. The van der Waals surface area contributed by atoms with E-state index in [2.05, 4.69) is 5.32 Å². The molecule has 1 aliphatic rings. The fraction of sp³-hybridized carbons (Fsp3) is 0.600. The van der Waals surface area contributed by atoms with E-state index in [0.717, 1.165) is 0 Å². The Morgan fingerprint density at radius 1 is 0.962 bits per heavy atom. The largest absolute Gasteiger partial charge is 0.386 e. The third-order valence-corrected chi connectivity index (χ3v) is 5.40. The van der Waals surface area contributed by atoms with Gasteiger partial charge in [0, 0.05) is 5.54 Å². The number of aliphatic hydroxyl groups is 1. The topological polar surface area (TPSA) is 86.6 Å². The Hall–Kier alpha value is -1.30. The molecular formula is C15H18F5NO4S. The third kappa shape index (κ3) is 4.16. The molecule has 26 heavy (non-hydrogen) atoms. The lowest BCUT2D eigenvalue weighted by Crippen LogP contribution is -2.49. The summed E-state index contributed by atoms with van der Waals surface area (Å²) in [5, 5.41) is 13.2. The first-order chi connectivity index (χ1) is 12.0. The molecule has 0 saturated heterocycles. The van der Waals surface area contributed by atoms with Gasteiger partial charge in [-0.2, -0.15) is 8.42 Å². The second kappa shape index (κ2) is 7.75. The van der Waals surface area contributed by atoms with Gasteiger partial charge in [-0.1, -0.05) is 12.8 Å². The SMILES string of the molecule is O=S(=O)(O)CCCNC1(C(O)c2c(F)c(F)c(F)c(F)c2F)CCCC1. The van der Waals surface area contributed by atoms with Gasteiger partial charge in [0.2, 0.25) is 5.82 Å². The van der Waals surface area contributed by atoms with Crippen LogP contribution in [0.4, 0.5) is 22.0 Å². The lowest BCUT2D eigenvalue weighted by atomic mass is 9.85. The van der Waals surface area contributed by atoms with Crippen molar-refractivity contribution < 1.29 is 40.0 Å². The third-order valence-electron chi connectivity index (χ3n) is 4.59. The van der Waals surface area contributed by atoms with Crippen LogP contribution in [-0.4, -0.2) is 35.9 Å². The number of halogens is 5. The monoisotopic (exact) mass is 403 g/mol. The predicted molar refractivity (Wildman–Crippen MR) is 81.4 cm³/mol. The van der Waals surface area contributed by atoms with Crippen molar-refractivity contribution in [2.75, 3.05) is 12.3 Å². The lowest BCUT2D eigenvalue weighted by molar-refractivity contribution is 0.0537. The summed E-state index contributed by atoms with van der Waals surface area (Å²) in [6.07, 6.45) is -0.626. The van der Waals surface area contributed by atoms with Gasteiger partial charge in [0.15, 0.2) is 23.3 Å². The summed E-state index contributed by atoms with van der Waals surface area (Å²) in [7, 11) is -4.20. The van der Waals surface area contributed by atoms with Crippen molar-refractivity contribution in [3.05, 3.63) is 34.6 Å². The van der Waals surface area contributed by atoms with E-state index in [1.807, 2.05) is 0 Å². The Morgan fingerprint density at radius 2 is 1.42 bits per heavy atom. The Kier molecular flexibility index (Phi) is 6.26. The zero-order valence-corrected chi connectivity index (χ0v) is 14.4. The molecule has 0 bridgehead atoms. The normalized spacial score (nSPS) is 18.3. The summed E-state index contributed by atoms with van der Waals surface area (Å²) < 4.78 is 98.2. The number of nitrogens with one attached hydrogen (secondary N) is 1. The van der Waals surface area contributed by atoms with Crippen LogP contribution in [-0.2, 0) is 10.1 Å². The van der Waals surface area contributed by atoms with Gasteiger partial charge in [-0.25, -0.2) is 22.0 Å². The van der Waals surface area contributed by atoms with Crippen LogP contribution < -0.4 is 5.32 Å². The van der Waals surface area contributed by atoms with Crippen LogP contribution in [0.2, 0.25) is 0 Å². The summed E-state index contributed by atoms with van der Waals surface area (Å²) in [5.74, 6) is -11.4. The lowest BCUT2D eigenvalue weighted by Gasteiger charge is -2.36. The molecule has 1 aromatic rings. The van der Waals surface area contributed by atoms with Crippen LogP contribution in [0.1, 0.15) is 43.8 Å². The molecular weight excluding hydrogens is 385 g/mol. The van der Waals surface area contributed by atoms with E-state index in [4.69, 9.17) is 4.55 Å². The number of rotatable bonds is 7. The number of hydrogen-bond donors (Lipinski definition) is 3. The number of hydrogen-bond acceptors (Lipinski definition) is 4. The van der Waals surface area contributed by atoms with Crippen molar-refractivity contribution in [1.82, 2.24) is 5.32 Å². The maximum absolute atomic E-state index is 14.0. The standard InChI is InChI=1S/C15H18F5NO4S/c16-9-8(10(17)12(19)13(20)11(9)18)14(22)15(4-1-2-5-15)21-6-3-7-26(23,24)25/h14,21-22H,1-7H2,(H,23,24,25). The van der Waals surface area contributed by atoms with Gasteiger partial charge in [-0.15, -0.1) is 0 Å². The van der Waals surface area contributed by atoms with Crippen molar-refractivity contribution in [3.63, 3.8) is 0 Å². The van der Waals surface area contributed by atoms with Crippen LogP contribution in [0.25, 0.3) is 0 Å². The molecule has 1 aliphatic carbocycles. The van der Waals surface area contributed by atoms with Crippen molar-refractivity contribution in [2.24, 2.45) is 0 Å². The van der Waals surface area contributed by atoms with E-state index in [1.54, 1.807) is 0 Å². The minimum Gasteiger partial charge on any atom is -0.386 e. The maximum atomic E-state index is 14.0. The minimum atomic E-state index is -4.20. The molecule has 1 fully saturated rings. The fourth-order valence-corrected chi connectivity index (χ4v) is 3.79. The predicted octanol–water partition coefficient (Wildman–Crippen LogP) is 2.60. The molecule has 2 rings (SSSR count). The molecule has 0 heterocycles. The van der Waals surface area contributed by atoms with Crippen molar-refractivity contribution in [1.29, 1.82) is 0 Å². The molecule has 0 amide bonds. The van der Waals surface area contributed by atoms with E-state index in [1.165, 1.54) is 0 Å². The van der Waals surface area contributed by atoms with Crippen molar-refractivity contribution >= 4 is 10.1 Å². The summed E-state index contributed by atoms with van der Waals surface area (Å²) in [6, 6.07) is 0. The molecule has 0 radical (unpaired) electrons. The average molecular weight is 403 g/mol. The second-order valence-corrected chi connectivity index (χ2v) is 7.89. The highest BCUT2D eigenvalue weighted by molar-refractivity contribution is 7.85. The van der Waals surface area contributed by atoms with E-state index in [-0.39, 0.29) is 25.8 Å². The van der Waals surface area contributed by atoms with Crippen molar-refractivity contribution in [2.45, 2.75) is 43.7 Å². The Labute approximate surface area is 147 Å². The van der Waals surface area contributed by atoms with E-state index in [0.29, 0.717) is 12.8 Å². The first-order valence-corrected chi connectivity index (χ1v) is 9.50. The molecule has 1 unspecified atom stereocenters. The van der Waals surface area contributed by atoms with Crippen LogP contribution >= 0.6 is 0 Å². The Bertz CT molecular complexity index is 752. The van der Waals surface area contributed by atoms with Gasteiger partial charge in [0.25, 0.3) is 10.1 Å². The quantitative estimate of drug-likeness (QED) is 0.214. The van der Waals surface area contributed by atoms with Crippen LogP contribution in [0.5, 0.6) is 0 Å². The minimum absolute atomic E-state index is 0.0494. The summed E-state index contributed by atoms with van der Waals surface area (Å²) >= 11 is 0. The first-order valence-electron chi connectivity index (χ1n) is 7.90. The Morgan fingerprint density at radius 3 is 1.88 bits per heavy atom. The van der Waals surface area contributed by atoms with Gasteiger partial charge < -0.3 is 10.4 Å². The van der Waals surface area contributed by atoms with Crippen LogP contribution in [0.15, 0.2) is 0 Å². The molecule has 3 N–H and O–H groups in total. The molecule has 5 nitrogen and oxygen atoms in total. The summed E-state index contributed by atoms with van der Waals surface area (Å²) in [6.45, 7) is -0.0494. The molecule has 1 aromatic carbocycles. The average Bonchev–Trinajstić information content (AvgIpc) is 3.04. The maximum Gasteiger partial charge on any atom is 0.264 e. The highest BCUT2D eigenvalue weighted by atomic mass is 32.2. The number of aliphatic hydroxyl groups excluding tert-OH is 1. The van der Waals surface area contributed by atoms with Crippen molar-refractivity contribution in [3.8, 4) is 0 Å². The van der Waals surface area contributed by atoms with E-state index in [9.17, 15) is 35.5 Å². The highest BCUT2D eigenvalue weighted by Gasteiger charge is 2.44. The summed E-state index contributed by atoms with van der Waals surface area (Å²) in [5.41, 5.74) is -2.68. The van der Waals surface area contributed by atoms with Crippen LogP contribution in [0.3, 0.4) is 0 Å². The zero-order valence-electron chi connectivity index (χ0n) is 13.5. The van der Waals surface area contributed by atoms with Crippen LogP contribution in [0, 0.1) is 29.1 Å². The van der Waals surface area contributed by atoms with Gasteiger partial charge >= 0.3 is 0 Å². The van der Waals surface area contributed by atoms with Gasteiger partial charge in [-0.3, -0.25) is 4.55 Å². The fourth-order valence-electron chi connectivity index (χ4n) is 3.28. The Balaban J connectivity index is 2.31. The molecule has 0 spiro atoms. The highest BCUT2D eigenvalue weighted by Crippen LogP contribution is 2.42. The molecule has 11 heteroatoms. The zero-order chi connectivity index (χ0) is 19.7. The van der Waals surface area contributed by atoms with Gasteiger partial charge in [0.1, 0.15) is 6.10 Å². The molecule has 148 valence electrons. The molecule has 1 saturated carbocycles. The van der Waals surface area contributed by atoms with E-state index < -0.39 is 62.2 Å². The second-order valence-electron chi connectivity index (χ2n) is 6.32. The molecule has 1 atom stereocenters. The number of benzene rings is 1. The molecule has 0 aromatic heterocycles.